The molecule has 140 valence electrons. The molecule has 0 radical (unpaired) electrons. The molecule has 0 heterocycles. The molecule has 0 amide bonds. The van der Waals surface area contributed by atoms with E-state index in [4.69, 9.17) is 9.63 Å². The van der Waals surface area contributed by atoms with Gasteiger partial charge in [-0.3, -0.25) is 9.36 Å². The van der Waals surface area contributed by atoms with Gasteiger partial charge < -0.3 is 9.63 Å². The third-order valence-electron chi connectivity index (χ3n) is 3.19. The van der Waals surface area contributed by atoms with Crippen molar-refractivity contribution in [1.29, 1.82) is 0 Å². The maximum atomic E-state index is 14.1. The summed E-state index contributed by atoms with van der Waals surface area (Å²) < 4.78 is 86.4. The topological polar surface area (TPSA) is 75.6 Å². The molecule has 5 nitrogen and oxygen atoms in total. The molecule has 2 atom stereocenters. The number of carbonyl (C=O) groups is 1. The fraction of sp³-hybridized carbons (Fsp3) is 0.133. The minimum absolute atomic E-state index is 0.245. The van der Waals surface area contributed by atoms with Gasteiger partial charge in [-0.1, -0.05) is 18.2 Å². The Morgan fingerprint density at radius 2 is 1.46 bits per heavy atom. The molecular weight excluding hydrogens is 384 g/mol. The van der Waals surface area contributed by atoms with Gasteiger partial charge in [0, 0.05) is 0 Å². The van der Waals surface area contributed by atoms with Crippen molar-refractivity contribution < 1.29 is 40.9 Å². The van der Waals surface area contributed by atoms with Crippen LogP contribution in [0.2, 0.25) is 0 Å². The lowest BCUT2D eigenvalue weighted by molar-refractivity contribution is -0.138. The van der Waals surface area contributed by atoms with E-state index in [-0.39, 0.29) is 5.75 Å². The minimum atomic E-state index is -5.08. The maximum Gasteiger partial charge on any atom is 0.353 e. The van der Waals surface area contributed by atoms with Crippen LogP contribution in [-0.2, 0) is 9.36 Å². The molecule has 0 saturated carbocycles. The first-order chi connectivity index (χ1) is 12.1. The number of para-hydroxylation sites is 1. The molecule has 2 rings (SSSR count). The van der Waals surface area contributed by atoms with Gasteiger partial charge in [-0.15, -0.1) is 0 Å². The maximum absolute atomic E-state index is 14.1. The van der Waals surface area contributed by atoms with Crippen LogP contribution in [0.15, 0.2) is 30.3 Å². The summed E-state index contributed by atoms with van der Waals surface area (Å²) in [5, 5.41) is 8.95. The van der Waals surface area contributed by atoms with Crippen LogP contribution in [0.5, 0.6) is 5.75 Å². The number of halogens is 5. The summed E-state index contributed by atoms with van der Waals surface area (Å²) in [4.78, 5) is 11.0. The molecule has 0 aliphatic carbocycles. The highest BCUT2D eigenvalue weighted by molar-refractivity contribution is 7.65. The quantitative estimate of drug-likeness (QED) is 0.340. The SMILES string of the molecule is CC(NP(=O)(Oc1ccccc1)c1c(F)c(F)c(F)c(F)c1F)C(=O)O. The first-order valence-electron chi connectivity index (χ1n) is 6.95. The molecule has 26 heavy (non-hydrogen) atoms. The first kappa shape index (κ1) is 19.9. The van der Waals surface area contributed by atoms with Gasteiger partial charge in [-0.2, -0.15) is 0 Å². The van der Waals surface area contributed by atoms with Crippen molar-refractivity contribution in [2.75, 3.05) is 0 Å². The second kappa shape index (κ2) is 7.43. The Balaban J connectivity index is 2.69. The predicted octanol–water partition coefficient (Wildman–Crippen LogP) is 3.34. The van der Waals surface area contributed by atoms with E-state index in [9.17, 15) is 31.3 Å². The molecule has 11 heteroatoms. The van der Waals surface area contributed by atoms with E-state index in [0.717, 1.165) is 6.92 Å². The molecular formula is C15H11F5NO4P. The number of rotatable bonds is 6. The van der Waals surface area contributed by atoms with E-state index >= 15 is 0 Å². The number of hydrogen-bond acceptors (Lipinski definition) is 3. The number of hydrogen-bond donors (Lipinski definition) is 2. The molecule has 0 bridgehead atoms. The molecule has 2 unspecified atom stereocenters. The zero-order chi connectivity index (χ0) is 19.6. The van der Waals surface area contributed by atoms with Gasteiger partial charge in [0.1, 0.15) is 17.1 Å². The van der Waals surface area contributed by atoms with E-state index in [1.165, 1.54) is 30.3 Å². The summed E-state index contributed by atoms with van der Waals surface area (Å²) >= 11 is 0. The lowest BCUT2D eigenvalue weighted by Gasteiger charge is -2.24. The summed E-state index contributed by atoms with van der Waals surface area (Å²) in [6, 6.07) is 5.00. The van der Waals surface area contributed by atoms with Crippen LogP contribution in [0.3, 0.4) is 0 Å². The molecule has 0 spiro atoms. The van der Waals surface area contributed by atoms with Gasteiger partial charge >= 0.3 is 13.5 Å². The zero-order valence-electron chi connectivity index (χ0n) is 13.0. The van der Waals surface area contributed by atoms with Gasteiger partial charge in [-0.05, 0) is 19.1 Å². The average molecular weight is 395 g/mol. The summed E-state index contributed by atoms with van der Waals surface area (Å²) in [5.74, 6) is -13.7. The van der Waals surface area contributed by atoms with Gasteiger partial charge in [0.25, 0.3) is 0 Å². The van der Waals surface area contributed by atoms with Crippen molar-refractivity contribution in [2.24, 2.45) is 0 Å². The number of carboxylic acid groups (broad SMARTS) is 1. The van der Waals surface area contributed by atoms with Gasteiger partial charge in [0.2, 0.25) is 5.82 Å². The highest BCUT2D eigenvalue weighted by Gasteiger charge is 2.41. The molecule has 2 aromatic carbocycles. The summed E-state index contributed by atoms with van der Waals surface area (Å²) in [6.07, 6.45) is 0. The highest BCUT2D eigenvalue weighted by Crippen LogP contribution is 2.45. The van der Waals surface area contributed by atoms with Crippen LogP contribution in [0.4, 0.5) is 22.0 Å². The van der Waals surface area contributed by atoms with E-state index in [1.54, 1.807) is 0 Å². The smallest absolute Gasteiger partial charge is 0.353 e. The highest BCUT2D eigenvalue weighted by atomic mass is 31.2. The zero-order valence-corrected chi connectivity index (χ0v) is 13.9. The molecule has 0 aromatic heterocycles. The van der Waals surface area contributed by atoms with Gasteiger partial charge in [-0.25, -0.2) is 27.0 Å². The fourth-order valence-corrected chi connectivity index (χ4v) is 3.95. The van der Waals surface area contributed by atoms with Crippen LogP contribution in [-0.4, -0.2) is 17.1 Å². The van der Waals surface area contributed by atoms with Crippen molar-refractivity contribution in [2.45, 2.75) is 13.0 Å². The van der Waals surface area contributed by atoms with Gasteiger partial charge in [0.15, 0.2) is 23.3 Å². The number of nitrogens with one attached hydrogen (secondary N) is 1. The molecule has 2 aromatic rings. The lowest BCUT2D eigenvalue weighted by Crippen LogP contribution is -2.38. The van der Waals surface area contributed by atoms with Crippen molar-refractivity contribution in [1.82, 2.24) is 5.09 Å². The minimum Gasteiger partial charge on any atom is -0.480 e. The van der Waals surface area contributed by atoms with Crippen LogP contribution in [0.1, 0.15) is 6.92 Å². The third kappa shape index (κ3) is 3.71. The molecule has 0 aliphatic rings. The van der Waals surface area contributed by atoms with Crippen molar-refractivity contribution in [3.63, 3.8) is 0 Å². The van der Waals surface area contributed by atoms with Crippen LogP contribution in [0.25, 0.3) is 0 Å². The molecule has 2 N–H and O–H groups in total. The summed E-state index contributed by atoms with van der Waals surface area (Å²) in [6.45, 7) is 0.954. The largest absolute Gasteiger partial charge is 0.480 e. The first-order valence-corrected chi connectivity index (χ1v) is 8.58. The standard InChI is InChI=1S/C15H11F5NO4P/c1-7(15(22)23)21-26(24,25-8-5-3-2-4-6-8)14-12(19)10(17)9(16)11(18)13(14)20/h2-7H,1H3,(H,21,24)(H,22,23). The molecule has 0 saturated heterocycles. The van der Waals surface area contributed by atoms with Crippen LogP contribution in [0, 0.1) is 29.1 Å². The second-order valence-corrected chi connectivity index (χ2v) is 7.05. The third-order valence-corrected chi connectivity index (χ3v) is 5.37. The van der Waals surface area contributed by atoms with E-state index in [0.29, 0.717) is 0 Å². The molecule has 0 aliphatic heterocycles. The van der Waals surface area contributed by atoms with E-state index in [1.807, 2.05) is 5.09 Å². The number of benzene rings is 2. The fourth-order valence-electron chi connectivity index (χ4n) is 1.93. The second-order valence-electron chi connectivity index (χ2n) is 5.06. The Hall–Kier alpha value is -2.45. The summed E-state index contributed by atoms with van der Waals surface area (Å²) in [5.41, 5.74) is 0. The van der Waals surface area contributed by atoms with Crippen molar-refractivity contribution in [3.8, 4) is 5.75 Å². The molecule has 0 fully saturated rings. The average Bonchev–Trinajstić information content (AvgIpc) is 2.59. The van der Waals surface area contributed by atoms with E-state index < -0.39 is 53.9 Å². The Labute approximate surface area is 143 Å². The van der Waals surface area contributed by atoms with Crippen LogP contribution < -0.4 is 14.9 Å². The van der Waals surface area contributed by atoms with Crippen LogP contribution >= 0.6 is 7.52 Å². The number of aliphatic carboxylic acids is 1. The van der Waals surface area contributed by atoms with E-state index in [2.05, 4.69) is 0 Å². The monoisotopic (exact) mass is 395 g/mol. The van der Waals surface area contributed by atoms with Crippen molar-refractivity contribution >= 4 is 18.8 Å². The Kier molecular flexibility index (Phi) is 5.68. The Morgan fingerprint density at radius 3 is 1.92 bits per heavy atom. The van der Waals surface area contributed by atoms with Gasteiger partial charge in [0.05, 0.1) is 0 Å². The lowest BCUT2D eigenvalue weighted by atomic mass is 10.3. The number of carboxylic acids is 1. The Morgan fingerprint density at radius 1 is 1.00 bits per heavy atom. The Bertz CT molecular complexity index is 864. The predicted molar refractivity (Wildman–Crippen MR) is 80.8 cm³/mol. The summed E-state index contributed by atoms with van der Waals surface area (Å²) in [7, 11) is -5.08. The van der Waals surface area contributed by atoms with Crippen molar-refractivity contribution in [3.05, 3.63) is 59.4 Å². The normalized spacial score (nSPS) is 14.5.